The van der Waals surface area contributed by atoms with Crippen molar-refractivity contribution in [2.45, 2.75) is 45.7 Å². The molecule has 1 aromatic carbocycles. The molecule has 1 amide bonds. The van der Waals surface area contributed by atoms with E-state index in [0.29, 0.717) is 6.04 Å². The normalized spacial score (nSPS) is 21.3. The number of carbonyl (C=O) groups excluding carboxylic acids is 1. The summed E-state index contributed by atoms with van der Waals surface area (Å²) >= 11 is 0. The molecule has 2 unspecified atom stereocenters. The first-order chi connectivity index (χ1) is 9.56. The lowest BCUT2D eigenvalue weighted by Crippen LogP contribution is -2.52. The fourth-order valence-corrected chi connectivity index (χ4v) is 2.59. The van der Waals surface area contributed by atoms with Crippen molar-refractivity contribution in [3.05, 3.63) is 29.3 Å². The van der Waals surface area contributed by atoms with E-state index in [9.17, 15) is 4.79 Å². The molecule has 2 rings (SSSR count). The first-order valence-corrected chi connectivity index (χ1v) is 7.29. The monoisotopic (exact) mass is 312 g/mol. The highest BCUT2D eigenvalue weighted by atomic mass is 35.5. The van der Waals surface area contributed by atoms with Gasteiger partial charge in [0.25, 0.3) is 5.91 Å². The number of nitrogens with one attached hydrogen (secondary N) is 2. The summed E-state index contributed by atoms with van der Waals surface area (Å²) in [6.07, 6.45) is 2.14. The van der Waals surface area contributed by atoms with E-state index in [2.05, 4.69) is 23.6 Å². The molecule has 0 saturated carbocycles. The van der Waals surface area contributed by atoms with Gasteiger partial charge in [0.2, 0.25) is 0 Å². The highest BCUT2D eigenvalue weighted by Crippen LogP contribution is 2.18. The smallest absolute Gasteiger partial charge is 0.258 e. The molecule has 1 saturated heterocycles. The fourth-order valence-electron chi connectivity index (χ4n) is 2.59. The number of amides is 1. The van der Waals surface area contributed by atoms with Gasteiger partial charge in [-0.1, -0.05) is 17.7 Å². The van der Waals surface area contributed by atoms with Crippen LogP contribution >= 0.6 is 12.4 Å². The molecule has 118 valence electrons. The second kappa shape index (κ2) is 8.25. The van der Waals surface area contributed by atoms with E-state index in [1.165, 1.54) is 5.56 Å². The molecule has 0 bridgehead atoms. The maximum absolute atomic E-state index is 11.9. The summed E-state index contributed by atoms with van der Waals surface area (Å²) in [4.78, 5) is 11.9. The van der Waals surface area contributed by atoms with Crippen LogP contribution in [0.5, 0.6) is 5.75 Å². The van der Waals surface area contributed by atoms with Crippen molar-refractivity contribution in [2.75, 3.05) is 13.2 Å². The Kier molecular flexibility index (Phi) is 6.99. The molecule has 0 aromatic heterocycles. The summed E-state index contributed by atoms with van der Waals surface area (Å²) in [5, 5.41) is 6.41. The zero-order valence-corrected chi connectivity index (χ0v) is 13.8. The largest absolute Gasteiger partial charge is 0.484 e. The minimum Gasteiger partial charge on any atom is -0.484 e. The zero-order chi connectivity index (χ0) is 14.5. The zero-order valence-electron chi connectivity index (χ0n) is 12.9. The number of aryl methyl sites for hydroxylation is 2. The molecule has 1 heterocycles. The van der Waals surface area contributed by atoms with Gasteiger partial charge in [-0.2, -0.15) is 0 Å². The number of ether oxygens (including phenoxy) is 1. The van der Waals surface area contributed by atoms with Crippen LogP contribution in [0.15, 0.2) is 18.2 Å². The fraction of sp³-hybridized carbons (Fsp3) is 0.562. The van der Waals surface area contributed by atoms with Crippen LogP contribution in [0.3, 0.4) is 0 Å². The van der Waals surface area contributed by atoms with E-state index in [4.69, 9.17) is 4.74 Å². The van der Waals surface area contributed by atoms with Crippen LogP contribution in [-0.2, 0) is 4.79 Å². The van der Waals surface area contributed by atoms with Crippen LogP contribution in [0.4, 0.5) is 0 Å². The Morgan fingerprint density at radius 2 is 2.19 bits per heavy atom. The lowest BCUT2D eigenvalue weighted by atomic mass is 10.00. The highest BCUT2D eigenvalue weighted by Gasteiger charge is 2.22. The lowest BCUT2D eigenvalue weighted by molar-refractivity contribution is -0.124. The van der Waals surface area contributed by atoms with Crippen molar-refractivity contribution in [1.29, 1.82) is 0 Å². The predicted molar refractivity (Wildman–Crippen MR) is 87.3 cm³/mol. The van der Waals surface area contributed by atoms with Gasteiger partial charge in [0.15, 0.2) is 6.61 Å². The summed E-state index contributed by atoms with van der Waals surface area (Å²) < 4.78 is 5.60. The van der Waals surface area contributed by atoms with E-state index in [-0.39, 0.29) is 31.0 Å². The van der Waals surface area contributed by atoms with Gasteiger partial charge in [0, 0.05) is 12.1 Å². The Morgan fingerprint density at radius 1 is 1.43 bits per heavy atom. The van der Waals surface area contributed by atoms with E-state index in [0.717, 1.165) is 30.7 Å². The van der Waals surface area contributed by atoms with Crippen molar-refractivity contribution in [1.82, 2.24) is 10.6 Å². The lowest BCUT2D eigenvalue weighted by Gasteiger charge is -2.30. The van der Waals surface area contributed by atoms with E-state index < -0.39 is 0 Å². The number of piperidine rings is 1. The van der Waals surface area contributed by atoms with Gasteiger partial charge in [-0.05, 0) is 51.8 Å². The SMILES string of the molecule is Cc1ccc(OCC(=O)NC2CCCNC2C)c(C)c1.Cl. The number of benzene rings is 1. The molecule has 1 aromatic rings. The quantitative estimate of drug-likeness (QED) is 0.897. The van der Waals surface area contributed by atoms with E-state index >= 15 is 0 Å². The third-order valence-electron chi connectivity index (χ3n) is 3.80. The number of halogens is 1. The first-order valence-electron chi connectivity index (χ1n) is 7.29. The third kappa shape index (κ3) is 5.21. The third-order valence-corrected chi connectivity index (χ3v) is 3.80. The molecule has 2 atom stereocenters. The van der Waals surface area contributed by atoms with Crippen LogP contribution in [-0.4, -0.2) is 31.1 Å². The molecule has 1 aliphatic heterocycles. The first kappa shape index (κ1) is 17.8. The maximum Gasteiger partial charge on any atom is 0.258 e. The van der Waals surface area contributed by atoms with Gasteiger partial charge >= 0.3 is 0 Å². The molecule has 5 heteroatoms. The van der Waals surface area contributed by atoms with Crippen LogP contribution in [0.2, 0.25) is 0 Å². The molecule has 0 spiro atoms. The minimum atomic E-state index is -0.0504. The molecule has 1 fully saturated rings. The average Bonchev–Trinajstić information content (AvgIpc) is 2.40. The summed E-state index contributed by atoms with van der Waals surface area (Å²) in [6.45, 7) is 7.25. The molecular formula is C16H25ClN2O2. The molecule has 4 nitrogen and oxygen atoms in total. The highest BCUT2D eigenvalue weighted by molar-refractivity contribution is 5.85. The topological polar surface area (TPSA) is 50.4 Å². The van der Waals surface area contributed by atoms with Crippen molar-refractivity contribution < 1.29 is 9.53 Å². The molecule has 21 heavy (non-hydrogen) atoms. The molecule has 0 radical (unpaired) electrons. The van der Waals surface area contributed by atoms with Crippen LogP contribution < -0.4 is 15.4 Å². The van der Waals surface area contributed by atoms with Gasteiger partial charge in [0.1, 0.15) is 5.75 Å². The Labute approximate surface area is 133 Å². The molecular weight excluding hydrogens is 288 g/mol. The number of rotatable bonds is 4. The summed E-state index contributed by atoms with van der Waals surface area (Å²) in [7, 11) is 0. The molecule has 1 aliphatic rings. The average molecular weight is 313 g/mol. The van der Waals surface area contributed by atoms with Gasteiger partial charge in [-0.3, -0.25) is 4.79 Å². The standard InChI is InChI=1S/C16H24N2O2.ClH/c1-11-6-7-15(12(2)9-11)20-10-16(19)18-14-5-4-8-17-13(14)3;/h6-7,9,13-14,17H,4-5,8,10H2,1-3H3,(H,18,19);1H. The van der Waals surface area contributed by atoms with Gasteiger partial charge in [0.05, 0.1) is 0 Å². The summed E-state index contributed by atoms with van der Waals surface area (Å²) in [5.41, 5.74) is 2.26. The summed E-state index contributed by atoms with van der Waals surface area (Å²) in [5.74, 6) is 0.728. The van der Waals surface area contributed by atoms with Gasteiger partial charge in [-0.25, -0.2) is 0 Å². The Morgan fingerprint density at radius 3 is 2.86 bits per heavy atom. The Hall–Kier alpha value is -1.26. The van der Waals surface area contributed by atoms with Crippen molar-refractivity contribution in [3.8, 4) is 5.75 Å². The minimum absolute atomic E-state index is 0. The van der Waals surface area contributed by atoms with Crippen molar-refractivity contribution in [3.63, 3.8) is 0 Å². The second-order valence-corrected chi connectivity index (χ2v) is 5.62. The number of hydrogen-bond donors (Lipinski definition) is 2. The van der Waals surface area contributed by atoms with E-state index in [1.807, 2.05) is 26.0 Å². The number of hydrogen-bond acceptors (Lipinski definition) is 3. The van der Waals surface area contributed by atoms with Gasteiger partial charge < -0.3 is 15.4 Å². The summed E-state index contributed by atoms with van der Waals surface area (Å²) in [6, 6.07) is 6.50. The second-order valence-electron chi connectivity index (χ2n) is 5.62. The predicted octanol–water partition coefficient (Wildman–Crippen LogP) is 2.36. The molecule has 0 aliphatic carbocycles. The van der Waals surface area contributed by atoms with Crippen LogP contribution in [0.1, 0.15) is 30.9 Å². The van der Waals surface area contributed by atoms with Crippen LogP contribution in [0, 0.1) is 13.8 Å². The maximum atomic E-state index is 11.9. The van der Waals surface area contributed by atoms with Gasteiger partial charge in [-0.15, -0.1) is 12.4 Å². The van der Waals surface area contributed by atoms with Crippen molar-refractivity contribution in [2.24, 2.45) is 0 Å². The van der Waals surface area contributed by atoms with Crippen molar-refractivity contribution >= 4 is 18.3 Å². The molecule has 2 N–H and O–H groups in total. The van der Waals surface area contributed by atoms with E-state index in [1.54, 1.807) is 0 Å². The Balaban J connectivity index is 0.00000220. The number of carbonyl (C=O) groups is 1. The Bertz CT molecular complexity index is 479. The van der Waals surface area contributed by atoms with Crippen LogP contribution in [0.25, 0.3) is 0 Å².